The van der Waals surface area contributed by atoms with Crippen molar-refractivity contribution in [3.05, 3.63) is 34.7 Å². The normalized spacial score (nSPS) is 15.1. The van der Waals surface area contributed by atoms with Crippen LogP contribution in [0.25, 0.3) is 0 Å². The predicted octanol–water partition coefficient (Wildman–Crippen LogP) is 3.19. The standard InChI is InChI=1S/C16H23N3/c1-13-15(10-16(11-17)19(13)2)12-18-9-8-14-6-4-3-5-7-14/h6,10,18H,3-5,7-9,12H2,1-2H3. The Bertz CT molecular complexity index is 503. The van der Waals surface area contributed by atoms with E-state index in [2.05, 4.69) is 24.4 Å². The molecule has 0 amide bonds. The molecule has 0 bridgehead atoms. The summed E-state index contributed by atoms with van der Waals surface area (Å²) in [6.45, 7) is 3.96. The van der Waals surface area contributed by atoms with Gasteiger partial charge in [0, 0.05) is 19.3 Å². The highest BCUT2D eigenvalue weighted by Crippen LogP contribution is 2.19. The lowest BCUT2D eigenvalue weighted by Gasteiger charge is -2.12. The molecule has 0 saturated heterocycles. The van der Waals surface area contributed by atoms with E-state index in [4.69, 9.17) is 5.26 Å². The summed E-state index contributed by atoms with van der Waals surface area (Å²) in [4.78, 5) is 0. The lowest BCUT2D eigenvalue weighted by atomic mass is 9.97. The van der Waals surface area contributed by atoms with Gasteiger partial charge in [-0.1, -0.05) is 11.6 Å². The second-order valence-corrected chi connectivity index (χ2v) is 5.35. The molecule has 0 unspecified atom stereocenters. The lowest BCUT2D eigenvalue weighted by molar-refractivity contribution is 0.631. The van der Waals surface area contributed by atoms with Gasteiger partial charge in [0.1, 0.15) is 11.8 Å². The molecule has 1 aliphatic rings. The van der Waals surface area contributed by atoms with E-state index in [9.17, 15) is 0 Å². The second-order valence-electron chi connectivity index (χ2n) is 5.35. The van der Waals surface area contributed by atoms with Crippen molar-refractivity contribution in [1.29, 1.82) is 5.26 Å². The zero-order valence-corrected chi connectivity index (χ0v) is 12.0. The molecule has 0 aliphatic heterocycles. The summed E-state index contributed by atoms with van der Waals surface area (Å²) in [5, 5.41) is 12.5. The van der Waals surface area contributed by atoms with Crippen LogP contribution in [0.5, 0.6) is 0 Å². The molecule has 1 N–H and O–H groups in total. The smallest absolute Gasteiger partial charge is 0.120 e. The second kappa shape index (κ2) is 6.58. The molecule has 0 saturated carbocycles. The van der Waals surface area contributed by atoms with Crippen molar-refractivity contribution >= 4 is 0 Å². The molecular weight excluding hydrogens is 234 g/mol. The minimum absolute atomic E-state index is 0.740. The number of nitriles is 1. The van der Waals surface area contributed by atoms with Gasteiger partial charge in [0.15, 0.2) is 0 Å². The highest BCUT2D eigenvalue weighted by atomic mass is 15.0. The minimum atomic E-state index is 0.740. The largest absolute Gasteiger partial charge is 0.340 e. The van der Waals surface area contributed by atoms with Crippen LogP contribution in [0, 0.1) is 18.3 Å². The summed E-state index contributed by atoms with van der Waals surface area (Å²) in [5.74, 6) is 0. The average Bonchev–Trinajstić information content (AvgIpc) is 2.72. The van der Waals surface area contributed by atoms with Gasteiger partial charge in [-0.3, -0.25) is 0 Å². The molecule has 1 aromatic rings. The fourth-order valence-electron chi connectivity index (χ4n) is 2.65. The number of hydrogen-bond donors (Lipinski definition) is 1. The fourth-order valence-corrected chi connectivity index (χ4v) is 2.65. The molecule has 1 heterocycles. The third kappa shape index (κ3) is 3.48. The van der Waals surface area contributed by atoms with E-state index in [0.717, 1.165) is 25.2 Å². The van der Waals surface area contributed by atoms with Crippen LogP contribution in [0.4, 0.5) is 0 Å². The third-order valence-corrected chi connectivity index (χ3v) is 4.08. The van der Waals surface area contributed by atoms with Crippen LogP contribution < -0.4 is 5.32 Å². The van der Waals surface area contributed by atoms with Crippen LogP contribution in [0.15, 0.2) is 17.7 Å². The molecule has 0 atom stereocenters. The van der Waals surface area contributed by atoms with Gasteiger partial charge in [0.25, 0.3) is 0 Å². The van der Waals surface area contributed by atoms with E-state index in [1.807, 2.05) is 17.7 Å². The quantitative estimate of drug-likeness (QED) is 0.650. The van der Waals surface area contributed by atoms with E-state index >= 15 is 0 Å². The van der Waals surface area contributed by atoms with E-state index < -0.39 is 0 Å². The third-order valence-electron chi connectivity index (χ3n) is 4.08. The maximum atomic E-state index is 9.00. The molecule has 1 aliphatic carbocycles. The van der Waals surface area contributed by atoms with E-state index in [1.54, 1.807) is 5.57 Å². The molecule has 102 valence electrons. The summed E-state index contributed by atoms with van der Waals surface area (Å²) < 4.78 is 1.96. The summed E-state index contributed by atoms with van der Waals surface area (Å²) in [6.07, 6.45) is 8.83. The number of rotatable bonds is 5. The zero-order valence-electron chi connectivity index (χ0n) is 12.0. The lowest BCUT2D eigenvalue weighted by Crippen LogP contribution is -2.16. The highest BCUT2D eigenvalue weighted by Gasteiger charge is 2.08. The monoisotopic (exact) mass is 257 g/mol. The van der Waals surface area contributed by atoms with Crippen LogP contribution in [0.2, 0.25) is 0 Å². The van der Waals surface area contributed by atoms with Crippen molar-refractivity contribution in [1.82, 2.24) is 9.88 Å². The van der Waals surface area contributed by atoms with Crippen LogP contribution in [0.3, 0.4) is 0 Å². The van der Waals surface area contributed by atoms with Crippen LogP contribution in [0.1, 0.15) is 49.1 Å². The fraction of sp³-hybridized carbons (Fsp3) is 0.562. The first-order valence-electron chi connectivity index (χ1n) is 7.16. The van der Waals surface area contributed by atoms with Gasteiger partial charge in [-0.2, -0.15) is 5.26 Å². The Morgan fingerprint density at radius 1 is 1.42 bits per heavy atom. The molecule has 0 radical (unpaired) electrons. The molecule has 1 aromatic heterocycles. The molecule has 2 rings (SSSR count). The van der Waals surface area contributed by atoms with Gasteiger partial charge in [-0.15, -0.1) is 0 Å². The Balaban J connectivity index is 1.80. The minimum Gasteiger partial charge on any atom is -0.340 e. The molecule has 3 nitrogen and oxygen atoms in total. The van der Waals surface area contributed by atoms with Gasteiger partial charge < -0.3 is 9.88 Å². The predicted molar refractivity (Wildman–Crippen MR) is 77.7 cm³/mol. The maximum Gasteiger partial charge on any atom is 0.120 e. The topological polar surface area (TPSA) is 40.8 Å². The number of nitrogens with one attached hydrogen (secondary N) is 1. The zero-order chi connectivity index (χ0) is 13.7. The van der Waals surface area contributed by atoms with E-state index in [-0.39, 0.29) is 0 Å². The Labute approximate surface area is 115 Å². The molecule has 0 spiro atoms. The van der Waals surface area contributed by atoms with Gasteiger partial charge in [0.2, 0.25) is 0 Å². The van der Waals surface area contributed by atoms with Crippen molar-refractivity contribution in [2.45, 2.75) is 45.6 Å². The molecule has 0 fully saturated rings. The number of aromatic nitrogens is 1. The van der Waals surface area contributed by atoms with Crippen molar-refractivity contribution < 1.29 is 0 Å². The van der Waals surface area contributed by atoms with Crippen molar-refractivity contribution in [2.24, 2.45) is 7.05 Å². The van der Waals surface area contributed by atoms with Crippen molar-refractivity contribution in [2.75, 3.05) is 6.54 Å². The summed E-state index contributed by atoms with van der Waals surface area (Å²) in [7, 11) is 1.95. The SMILES string of the molecule is Cc1c(CNCCC2=CCCCC2)cc(C#N)n1C. The summed E-state index contributed by atoms with van der Waals surface area (Å²) in [6, 6.07) is 4.21. The number of hydrogen-bond acceptors (Lipinski definition) is 2. The Morgan fingerprint density at radius 3 is 2.89 bits per heavy atom. The summed E-state index contributed by atoms with van der Waals surface area (Å²) >= 11 is 0. The molecule has 3 heteroatoms. The molecule has 0 aromatic carbocycles. The van der Waals surface area contributed by atoms with Gasteiger partial charge in [-0.25, -0.2) is 0 Å². The first kappa shape index (κ1) is 13.9. The Morgan fingerprint density at radius 2 is 2.26 bits per heavy atom. The van der Waals surface area contributed by atoms with Crippen molar-refractivity contribution in [3.63, 3.8) is 0 Å². The van der Waals surface area contributed by atoms with Gasteiger partial charge in [-0.05, 0) is 57.2 Å². The van der Waals surface area contributed by atoms with Gasteiger partial charge >= 0.3 is 0 Å². The number of nitrogens with zero attached hydrogens (tertiary/aromatic N) is 2. The average molecular weight is 257 g/mol. The Hall–Kier alpha value is -1.53. The van der Waals surface area contributed by atoms with Crippen LogP contribution in [-0.2, 0) is 13.6 Å². The van der Waals surface area contributed by atoms with Crippen LogP contribution >= 0.6 is 0 Å². The first-order valence-corrected chi connectivity index (χ1v) is 7.16. The Kier molecular flexibility index (Phi) is 4.81. The summed E-state index contributed by atoms with van der Waals surface area (Å²) in [5.41, 5.74) is 4.77. The molecular formula is C16H23N3. The van der Waals surface area contributed by atoms with E-state index in [0.29, 0.717) is 0 Å². The van der Waals surface area contributed by atoms with E-state index in [1.165, 1.54) is 36.9 Å². The molecule has 19 heavy (non-hydrogen) atoms. The first-order chi connectivity index (χ1) is 9.22. The highest BCUT2D eigenvalue weighted by molar-refractivity contribution is 5.34. The van der Waals surface area contributed by atoms with Crippen molar-refractivity contribution in [3.8, 4) is 6.07 Å². The number of allylic oxidation sites excluding steroid dienone is 1. The maximum absolute atomic E-state index is 9.00. The van der Waals surface area contributed by atoms with Crippen LogP contribution in [-0.4, -0.2) is 11.1 Å². The van der Waals surface area contributed by atoms with Gasteiger partial charge in [0.05, 0.1) is 0 Å².